The van der Waals surface area contributed by atoms with Crippen molar-refractivity contribution in [1.82, 2.24) is 15.1 Å². The molecule has 0 radical (unpaired) electrons. The van der Waals surface area contributed by atoms with E-state index in [1.165, 1.54) is 0 Å². The summed E-state index contributed by atoms with van der Waals surface area (Å²) in [5, 5.41) is 28.5. The number of aromatic nitrogens is 2. The van der Waals surface area contributed by atoms with Gasteiger partial charge < -0.3 is 20.3 Å². The Morgan fingerprint density at radius 3 is 2.27 bits per heavy atom. The second-order valence-electron chi connectivity index (χ2n) is 7.97. The average Bonchev–Trinajstić information content (AvgIpc) is 3.17. The molecule has 7 heteroatoms. The average molecular weight is 409 g/mol. The Morgan fingerprint density at radius 1 is 1.07 bits per heavy atom. The molecule has 3 N–H and O–H groups in total. The standard InChI is InChI=1S/C23H27N3O4/c1-23(2,3)30-22(29)24-14-19(27)21(28)18-15-26(17-12-8-5-9-13-17)25-20(18)16-10-6-4-7-11-16/h4-13,15,19,21,27-28H,14H2,1-3H3,(H,24,29). The molecular weight excluding hydrogens is 382 g/mol. The number of ether oxygens (including phenoxy) is 1. The Balaban J connectivity index is 1.84. The molecule has 1 amide bonds. The third-order valence-corrected chi connectivity index (χ3v) is 4.35. The van der Waals surface area contributed by atoms with Gasteiger partial charge in [-0.15, -0.1) is 0 Å². The monoisotopic (exact) mass is 409 g/mol. The van der Waals surface area contributed by atoms with Crippen molar-refractivity contribution in [3.8, 4) is 16.9 Å². The van der Waals surface area contributed by atoms with Crippen LogP contribution >= 0.6 is 0 Å². The number of para-hydroxylation sites is 1. The lowest BCUT2D eigenvalue weighted by atomic mass is 10.0. The molecule has 0 aliphatic carbocycles. The number of hydrogen-bond acceptors (Lipinski definition) is 5. The minimum Gasteiger partial charge on any atom is -0.444 e. The number of nitrogens with zero attached hydrogens (tertiary/aromatic N) is 2. The molecule has 0 saturated carbocycles. The summed E-state index contributed by atoms with van der Waals surface area (Å²) >= 11 is 0. The van der Waals surface area contributed by atoms with Crippen LogP contribution in [0, 0.1) is 0 Å². The van der Waals surface area contributed by atoms with Crippen LogP contribution in [0.25, 0.3) is 16.9 Å². The minimum absolute atomic E-state index is 0.166. The molecule has 0 saturated heterocycles. The predicted octanol–water partition coefficient (Wildman–Crippen LogP) is 3.46. The first-order valence-corrected chi connectivity index (χ1v) is 9.78. The number of aliphatic hydroxyl groups is 2. The molecular formula is C23H27N3O4. The van der Waals surface area contributed by atoms with E-state index in [4.69, 9.17) is 4.74 Å². The molecule has 1 aromatic heterocycles. The number of rotatable bonds is 6. The molecule has 2 aromatic carbocycles. The molecule has 0 aliphatic rings. The molecule has 3 aromatic rings. The summed E-state index contributed by atoms with van der Waals surface area (Å²) in [6.07, 6.45) is -1.46. The molecule has 2 atom stereocenters. The van der Waals surface area contributed by atoms with Crippen LogP contribution in [0.4, 0.5) is 4.79 Å². The highest BCUT2D eigenvalue weighted by Crippen LogP contribution is 2.30. The van der Waals surface area contributed by atoms with Gasteiger partial charge in [-0.3, -0.25) is 0 Å². The van der Waals surface area contributed by atoms with Crippen LogP contribution in [-0.4, -0.2) is 44.3 Å². The maximum Gasteiger partial charge on any atom is 0.407 e. The van der Waals surface area contributed by atoms with Gasteiger partial charge in [-0.05, 0) is 32.9 Å². The lowest BCUT2D eigenvalue weighted by molar-refractivity contribution is 0.0132. The van der Waals surface area contributed by atoms with Gasteiger partial charge in [-0.1, -0.05) is 48.5 Å². The van der Waals surface area contributed by atoms with Crippen molar-refractivity contribution >= 4 is 6.09 Å². The van der Waals surface area contributed by atoms with Gasteiger partial charge >= 0.3 is 6.09 Å². The quantitative estimate of drug-likeness (QED) is 0.579. The fraction of sp³-hybridized carbons (Fsp3) is 0.304. The van der Waals surface area contributed by atoms with Crippen LogP contribution in [0.1, 0.15) is 32.4 Å². The third-order valence-electron chi connectivity index (χ3n) is 4.35. The fourth-order valence-corrected chi connectivity index (χ4v) is 2.96. The number of nitrogens with one attached hydrogen (secondary N) is 1. The van der Waals surface area contributed by atoms with E-state index >= 15 is 0 Å². The fourth-order valence-electron chi connectivity index (χ4n) is 2.96. The molecule has 158 valence electrons. The number of benzene rings is 2. The molecule has 30 heavy (non-hydrogen) atoms. The van der Waals surface area contributed by atoms with Gasteiger partial charge in [0.15, 0.2) is 0 Å². The smallest absolute Gasteiger partial charge is 0.407 e. The molecule has 2 unspecified atom stereocenters. The maximum atomic E-state index is 11.9. The Morgan fingerprint density at radius 2 is 1.67 bits per heavy atom. The van der Waals surface area contributed by atoms with E-state index in [0.717, 1.165) is 11.3 Å². The molecule has 0 bridgehead atoms. The van der Waals surface area contributed by atoms with Crippen molar-refractivity contribution in [3.63, 3.8) is 0 Å². The van der Waals surface area contributed by atoms with Crippen molar-refractivity contribution in [2.75, 3.05) is 6.54 Å². The highest BCUT2D eigenvalue weighted by atomic mass is 16.6. The van der Waals surface area contributed by atoms with E-state index in [2.05, 4.69) is 10.4 Å². The first-order valence-electron chi connectivity index (χ1n) is 9.78. The summed E-state index contributed by atoms with van der Waals surface area (Å²) in [5.74, 6) is 0. The van der Waals surface area contributed by atoms with Crippen molar-refractivity contribution in [2.45, 2.75) is 38.6 Å². The first-order chi connectivity index (χ1) is 14.2. The van der Waals surface area contributed by atoms with E-state index in [1.807, 2.05) is 60.7 Å². The van der Waals surface area contributed by atoms with Gasteiger partial charge in [0.05, 0.1) is 11.4 Å². The lowest BCUT2D eigenvalue weighted by Crippen LogP contribution is -2.38. The van der Waals surface area contributed by atoms with Gasteiger partial charge in [-0.2, -0.15) is 5.10 Å². The van der Waals surface area contributed by atoms with Gasteiger partial charge in [0.1, 0.15) is 17.8 Å². The maximum absolute atomic E-state index is 11.9. The number of hydrogen-bond donors (Lipinski definition) is 3. The SMILES string of the molecule is CC(C)(C)OC(=O)NCC(O)C(O)c1cn(-c2ccccc2)nc1-c1ccccc1. The van der Waals surface area contributed by atoms with Crippen LogP contribution in [0.3, 0.4) is 0 Å². The van der Waals surface area contributed by atoms with Crippen LogP contribution in [0.5, 0.6) is 0 Å². The third kappa shape index (κ3) is 5.46. The number of amides is 1. The Kier molecular flexibility index (Phi) is 6.54. The Hall–Kier alpha value is -3.16. The highest BCUT2D eigenvalue weighted by molar-refractivity contribution is 5.68. The summed E-state index contributed by atoms with van der Waals surface area (Å²) in [6.45, 7) is 5.09. The summed E-state index contributed by atoms with van der Waals surface area (Å²) in [4.78, 5) is 11.9. The zero-order valence-electron chi connectivity index (χ0n) is 17.3. The molecule has 7 nitrogen and oxygen atoms in total. The molecule has 1 heterocycles. The summed E-state index contributed by atoms with van der Waals surface area (Å²) in [5.41, 5.74) is 2.01. The normalized spacial score (nSPS) is 13.5. The zero-order chi connectivity index (χ0) is 21.7. The molecule has 0 aliphatic heterocycles. The summed E-state index contributed by atoms with van der Waals surface area (Å²) < 4.78 is 6.83. The number of aliphatic hydroxyl groups excluding tert-OH is 2. The van der Waals surface area contributed by atoms with Gasteiger partial charge in [0.25, 0.3) is 0 Å². The number of alkyl carbamates (subject to hydrolysis) is 1. The number of carbonyl (C=O) groups is 1. The molecule has 0 fully saturated rings. The predicted molar refractivity (Wildman–Crippen MR) is 114 cm³/mol. The largest absolute Gasteiger partial charge is 0.444 e. The zero-order valence-corrected chi connectivity index (χ0v) is 17.3. The van der Waals surface area contributed by atoms with Crippen molar-refractivity contribution in [2.24, 2.45) is 0 Å². The first kappa shape index (κ1) is 21.5. The topological polar surface area (TPSA) is 96.6 Å². The van der Waals surface area contributed by atoms with Crippen LogP contribution in [-0.2, 0) is 4.74 Å². The van der Waals surface area contributed by atoms with Gasteiger partial charge in [-0.25, -0.2) is 9.48 Å². The summed E-state index contributed by atoms with van der Waals surface area (Å²) in [6, 6.07) is 18.9. The van der Waals surface area contributed by atoms with E-state index in [1.54, 1.807) is 31.6 Å². The Labute approximate surface area is 175 Å². The van der Waals surface area contributed by atoms with Crippen LogP contribution in [0.15, 0.2) is 66.9 Å². The summed E-state index contributed by atoms with van der Waals surface area (Å²) in [7, 11) is 0. The van der Waals surface area contributed by atoms with Gasteiger partial charge in [0.2, 0.25) is 0 Å². The number of carbonyl (C=O) groups excluding carboxylic acids is 1. The van der Waals surface area contributed by atoms with E-state index in [9.17, 15) is 15.0 Å². The van der Waals surface area contributed by atoms with E-state index in [-0.39, 0.29) is 6.54 Å². The Bertz CT molecular complexity index is 965. The van der Waals surface area contributed by atoms with Crippen molar-refractivity contribution < 1.29 is 19.7 Å². The lowest BCUT2D eigenvalue weighted by Gasteiger charge is -2.22. The second-order valence-corrected chi connectivity index (χ2v) is 7.97. The van der Waals surface area contributed by atoms with E-state index in [0.29, 0.717) is 11.3 Å². The van der Waals surface area contributed by atoms with Crippen LogP contribution in [0.2, 0.25) is 0 Å². The second kappa shape index (κ2) is 9.11. The van der Waals surface area contributed by atoms with Gasteiger partial charge in [0, 0.05) is 23.9 Å². The van der Waals surface area contributed by atoms with Crippen LogP contribution < -0.4 is 5.32 Å². The van der Waals surface area contributed by atoms with Crippen molar-refractivity contribution in [1.29, 1.82) is 0 Å². The van der Waals surface area contributed by atoms with Crippen molar-refractivity contribution in [3.05, 3.63) is 72.4 Å². The minimum atomic E-state index is -1.26. The highest BCUT2D eigenvalue weighted by Gasteiger charge is 2.26. The molecule has 3 rings (SSSR count). The molecule has 0 spiro atoms. The van der Waals surface area contributed by atoms with E-state index < -0.39 is 23.9 Å².